The summed E-state index contributed by atoms with van der Waals surface area (Å²) in [7, 11) is 3.28. The number of methoxy groups -OCH3 is 2. The standard InChI is InChI=1S/C29H37NO5/c1-7-9-10-11-14-30-27(31)15-19(3)22-17-24-25(18-35-29(24)20(4)28(22)34-8-2)23-16-21(32-5)12-13-26(23)33-6/h12-13,15-18H,7-11,14H2,1-6H3,(H,30,31)/b19-15+. The number of furan rings is 1. The van der Waals surface area contributed by atoms with Gasteiger partial charge in [-0.2, -0.15) is 0 Å². The Morgan fingerprint density at radius 2 is 1.86 bits per heavy atom. The van der Waals surface area contributed by atoms with Crippen LogP contribution in [0, 0.1) is 6.92 Å². The predicted molar refractivity (Wildman–Crippen MR) is 141 cm³/mol. The molecule has 0 spiro atoms. The van der Waals surface area contributed by atoms with E-state index in [9.17, 15) is 4.79 Å². The molecule has 3 rings (SSSR count). The molecule has 1 aromatic heterocycles. The zero-order valence-corrected chi connectivity index (χ0v) is 21.7. The summed E-state index contributed by atoms with van der Waals surface area (Å²) in [5.41, 5.74) is 5.07. The SMILES string of the molecule is CCCCCCNC(=O)/C=C(\C)c1cc2c(-c3cc(OC)ccc3OC)coc2c(C)c1OCC. The summed E-state index contributed by atoms with van der Waals surface area (Å²) in [6, 6.07) is 7.71. The van der Waals surface area contributed by atoms with E-state index in [1.165, 1.54) is 12.8 Å². The van der Waals surface area contributed by atoms with Gasteiger partial charge in [-0.05, 0) is 57.0 Å². The van der Waals surface area contributed by atoms with Crippen LogP contribution in [0.2, 0.25) is 0 Å². The van der Waals surface area contributed by atoms with Crippen LogP contribution in [0.1, 0.15) is 57.6 Å². The van der Waals surface area contributed by atoms with E-state index < -0.39 is 0 Å². The Hall–Kier alpha value is -3.41. The fourth-order valence-electron chi connectivity index (χ4n) is 4.26. The molecule has 6 heteroatoms. The van der Waals surface area contributed by atoms with Crippen LogP contribution in [0.3, 0.4) is 0 Å². The molecule has 3 aromatic rings. The second kappa shape index (κ2) is 12.3. The fourth-order valence-corrected chi connectivity index (χ4v) is 4.26. The zero-order valence-electron chi connectivity index (χ0n) is 21.7. The first kappa shape index (κ1) is 26.2. The number of hydrogen-bond acceptors (Lipinski definition) is 5. The summed E-state index contributed by atoms with van der Waals surface area (Å²) >= 11 is 0. The molecule has 1 amide bonds. The predicted octanol–water partition coefficient (Wildman–Crippen LogP) is 6.92. The van der Waals surface area contributed by atoms with Crippen LogP contribution in [0.25, 0.3) is 27.7 Å². The molecule has 0 atom stereocenters. The van der Waals surface area contributed by atoms with Gasteiger partial charge in [0.25, 0.3) is 0 Å². The molecule has 0 bridgehead atoms. The van der Waals surface area contributed by atoms with Crippen molar-refractivity contribution in [3.63, 3.8) is 0 Å². The van der Waals surface area contributed by atoms with Gasteiger partial charge in [0.15, 0.2) is 0 Å². The lowest BCUT2D eigenvalue weighted by molar-refractivity contribution is -0.116. The van der Waals surface area contributed by atoms with E-state index in [2.05, 4.69) is 12.2 Å². The van der Waals surface area contributed by atoms with Crippen molar-refractivity contribution in [1.29, 1.82) is 0 Å². The molecule has 35 heavy (non-hydrogen) atoms. The van der Waals surface area contributed by atoms with Crippen LogP contribution >= 0.6 is 0 Å². The summed E-state index contributed by atoms with van der Waals surface area (Å²) in [6.07, 6.45) is 7.86. The Labute approximate surface area is 208 Å². The number of ether oxygens (including phenoxy) is 3. The van der Waals surface area contributed by atoms with Gasteiger partial charge in [0.05, 0.1) is 27.1 Å². The quantitative estimate of drug-likeness (QED) is 0.225. The van der Waals surface area contributed by atoms with E-state index in [0.717, 1.165) is 68.9 Å². The van der Waals surface area contributed by atoms with Crippen LogP contribution in [0.15, 0.2) is 41.0 Å². The molecule has 0 aliphatic heterocycles. The van der Waals surface area contributed by atoms with Gasteiger partial charge in [0, 0.05) is 40.3 Å². The molecule has 0 unspecified atom stereocenters. The smallest absolute Gasteiger partial charge is 0.244 e. The van der Waals surface area contributed by atoms with Gasteiger partial charge < -0.3 is 23.9 Å². The Balaban J connectivity index is 2.05. The van der Waals surface area contributed by atoms with E-state index in [0.29, 0.717) is 13.2 Å². The molecule has 6 nitrogen and oxygen atoms in total. The molecule has 0 fully saturated rings. The average Bonchev–Trinajstić information content (AvgIpc) is 3.29. The second-order valence-electron chi connectivity index (χ2n) is 8.58. The number of rotatable bonds is 12. The van der Waals surface area contributed by atoms with Crippen molar-refractivity contribution in [3.8, 4) is 28.4 Å². The molecule has 0 aliphatic rings. The maximum atomic E-state index is 12.6. The molecule has 1 heterocycles. The van der Waals surface area contributed by atoms with E-state index in [1.807, 2.05) is 45.0 Å². The summed E-state index contributed by atoms with van der Waals surface area (Å²) in [4.78, 5) is 12.6. The number of fused-ring (bicyclic) bond motifs is 1. The highest BCUT2D eigenvalue weighted by Crippen LogP contribution is 2.43. The van der Waals surface area contributed by atoms with E-state index in [4.69, 9.17) is 18.6 Å². The van der Waals surface area contributed by atoms with E-state index >= 15 is 0 Å². The molecule has 2 aromatic carbocycles. The fraction of sp³-hybridized carbons (Fsp3) is 0.414. The van der Waals surface area contributed by atoms with Gasteiger partial charge in [0.1, 0.15) is 22.8 Å². The van der Waals surface area contributed by atoms with E-state index in [1.54, 1.807) is 26.6 Å². The number of carbonyl (C=O) groups excluding carboxylic acids is 1. The minimum absolute atomic E-state index is 0.0962. The van der Waals surface area contributed by atoms with Crippen LogP contribution in [0.5, 0.6) is 17.2 Å². The highest BCUT2D eigenvalue weighted by Gasteiger charge is 2.21. The minimum Gasteiger partial charge on any atom is -0.497 e. The van der Waals surface area contributed by atoms with E-state index in [-0.39, 0.29) is 5.91 Å². The monoisotopic (exact) mass is 479 g/mol. The molecular weight excluding hydrogens is 442 g/mol. The van der Waals surface area contributed by atoms with Gasteiger partial charge in [0.2, 0.25) is 5.91 Å². The third-order valence-corrected chi connectivity index (χ3v) is 6.13. The number of carbonyl (C=O) groups is 1. The Kier molecular flexibility index (Phi) is 9.24. The number of amides is 1. The lowest BCUT2D eigenvalue weighted by Crippen LogP contribution is -2.22. The molecule has 188 valence electrons. The number of nitrogens with one attached hydrogen (secondary N) is 1. The summed E-state index contributed by atoms with van der Waals surface area (Å²) in [6.45, 7) is 9.23. The molecule has 0 aliphatic carbocycles. The third-order valence-electron chi connectivity index (χ3n) is 6.13. The first-order chi connectivity index (χ1) is 16.9. The van der Waals surface area contributed by atoms with Crippen molar-refractivity contribution < 1.29 is 23.4 Å². The topological polar surface area (TPSA) is 69.9 Å². The summed E-state index contributed by atoms with van der Waals surface area (Å²) in [5, 5.41) is 3.92. The molecule has 1 N–H and O–H groups in total. The maximum absolute atomic E-state index is 12.6. The molecule has 0 saturated carbocycles. The van der Waals surface area contributed by atoms with Gasteiger partial charge >= 0.3 is 0 Å². The highest BCUT2D eigenvalue weighted by molar-refractivity contribution is 6.02. The Morgan fingerprint density at radius 3 is 2.54 bits per heavy atom. The molecular formula is C29H37NO5. The Morgan fingerprint density at radius 1 is 1.06 bits per heavy atom. The maximum Gasteiger partial charge on any atom is 0.244 e. The first-order valence-corrected chi connectivity index (χ1v) is 12.3. The van der Waals surface area contributed by atoms with Crippen molar-refractivity contribution >= 4 is 22.4 Å². The molecule has 0 radical (unpaired) electrons. The number of unbranched alkanes of at least 4 members (excludes halogenated alkanes) is 3. The summed E-state index contributed by atoms with van der Waals surface area (Å²) in [5.74, 6) is 2.07. The lowest BCUT2D eigenvalue weighted by Gasteiger charge is -2.15. The summed E-state index contributed by atoms with van der Waals surface area (Å²) < 4.78 is 23.1. The van der Waals surface area contributed by atoms with Crippen LogP contribution in [-0.2, 0) is 4.79 Å². The van der Waals surface area contributed by atoms with Crippen molar-refractivity contribution in [2.75, 3.05) is 27.4 Å². The van der Waals surface area contributed by atoms with Gasteiger partial charge in [-0.1, -0.05) is 26.2 Å². The lowest BCUT2D eigenvalue weighted by atomic mass is 9.96. The van der Waals surface area contributed by atoms with Gasteiger partial charge in [-0.15, -0.1) is 0 Å². The van der Waals surface area contributed by atoms with Crippen molar-refractivity contribution in [2.24, 2.45) is 0 Å². The van der Waals surface area contributed by atoms with Crippen molar-refractivity contribution in [2.45, 2.75) is 53.4 Å². The van der Waals surface area contributed by atoms with Crippen molar-refractivity contribution in [1.82, 2.24) is 5.32 Å². The minimum atomic E-state index is -0.0962. The number of hydrogen-bond donors (Lipinski definition) is 1. The van der Waals surface area contributed by atoms with Crippen molar-refractivity contribution in [3.05, 3.63) is 47.7 Å². The normalized spacial score (nSPS) is 11.5. The largest absolute Gasteiger partial charge is 0.497 e. The van der Waals surface area contributed by atoms with Gasteiger partial charge in [-0.25, -0.2) is 0 Å². The number of benzene rings is 2. The third kappa shape index (κ3) is 5.99. The highest BCUT2D eigenvalue weighted by atomic mass is 16.5. The van der Waals surface area contributed by atoms with Crippen LogP contribution in [-0.4, -0.2) is 33.3 Å². The zero-order chi connectivity index (χ0) is 25.4. The first-order valence-electron chi connectivity index (χ1n) is 12.3. The number of allylic oxidation sites excluding steroid dienone is 1. The number of aryl methyl sites for hydroxylation is 1. The second-order valence-corrected chi connectivity index (χ2v) is 8.58. The van der Waals surface area contributed by atoms with Crippen LogP contribution < -0.4 is 19.5 Å². The molecule has 0 saturated heterocycles. The Bertz CT molecular complexity index is 1190. The van der Waals surface area contributed by atoms with Crippen LogP contribution in [0.4, 0.5) is 0 Å². The van der Waals surface area contributed by atoms with Gasteiger partial charge in [-0.3, -0.25) is 4.79 Å². The average molecular weight is 480 g/mol.